The standard InChI is InChI=1S/C20H2F12N6/c21-17(22,23)13-15(19(27,28)29)37-11-9(35-13)7-1-5(3-33)6(4-34)2-8(7)10-12(11)38-16(20(30,31)32)14(36-10)18(24,25)26/h1-2H. The van der Waals surface area contributed by atoms with E-state index < -0.39 is 91.4 Å². The van der Waals surface area contributed by atoms with Crippen LogP contribution in [0.4, 0.5) is 52.7 Å². The van der Waals surface area contributed by atoms with Gasteiger partial charge in [-0.2, -0.15) is 63.2 Å². The minimum Gasteiger partial charge on any atom is -0.239 e. The van der Waals surface area contributed by atoms with E-state index in [1.165, 1.54) is 12.1 Å². The van der Waals surface area contributed by atoms with E-state index in [0.717, 1.165) is 0 Å². The summed E-state index contributed by atoms with van der Waals surface area (Å²) in [6.07, 6.45) is -23.4. The first-order chi connectivity index (χ1) is 17.3. The Balaban J connectivity index is 2.42. The smallest absolute Gasteiger partial charge is 0.239 e. The lowest BCUT2D eigenvalue weighted by Crippen LogP contribution is -2.22. The van der Waals surface area contributed by atoms with E-state index in [2.05, 4.69) is 19.9 Å². The molecule has 0 saturated heterocycles. The third-order valence-corrected chi connectivity index (χ3v) is 5.00. The molecule has 4 rings (SSSR count). The van der Waals surface area contributed by atoms with Crippen molar-refractivity contribution in [1.29, 1.82) is 10.5 Å². The Morgan fingerprint density at radius 1 is 0.447 bits per heavy atom. The number of nitriles is 2. The third kappa shape index (κ3) is 4.21. The lowest BCUT2D eigenvalue weighted by molar-refractivity contribution is -0.167. The fourth-order valence-corrected chi connectivity index (χ4v) is 3.54. The summed E-state index contributed by atoms with van der Waals surface area (Å²) in [6, 6.07) is 4.15. The molecule has 0 aliphatic rings. The Morgan fingerprint density at radius 2 is 0.684 bits per heavy atom. The number of halogens is 12. The van der Waals surface area contributed by atoms with Gasteiger partial charge in [0.15, 0.2) is 22.8 Å². The van der Waals surface area contributed by atoms with Gasteiger partial charge >= 0.3 is 24.7 Å². The van der Waals surface area contributed by atoms with Crippen LogP contribution in [0.3, 0.4) is 0 Å². The molecule has 38 heavy (non-hydrogen) atoms. The van der Waals surface area contributed by atoms with Crippen LogP contribution >= 0.6 is 0 Å². The van der Waals surface area contributed by atoms with E-state index in [1.807, 2.05) is 0 Å². The fourth-order valence-electron chi connectivity index (χ4n) is 3.54. The average molecular weight is 554 g/mol. The molecule has 18 heteroatoms. The number of hydrogen-bond acceptors (Lipinski definition) is 6. The Bertz CT molecular complexity index is 1610. The number of nitrogens with zero attached hydrogens (tertiary/aromatic N) is 6. The van der Waals surface area contributed by atoms with Gasteiger partial charge in [0.2, 0.25) is 0 Å². The maximum Gasteiger partial charge on any atom is 0.435 e. The second kappa shape index (κ2) is 8.01. The summed E-state index contributed by atoms with van der Waals surface area (Å²) < 4.78 is 162. The van der Waals surface area contributed by atoms with Crippen LogP contribution in [0.5, 0.6) is 0 Å². The lowest BCUT2D eigenvalue weighted by atomic mass is 9.98. The predicted molar refractivity (Wildman–Crippen MR) is 99.6 cm³/mol. The molecule has 196 valence electrons. The number of fused-ring (bicyclic) bond motifs is 6. The van der Waals surface area contributed by atoms with Crippen molar-refractivity contribution in [1.82, 2.24) is 19.9 Å². The van der Waals surface area contributed by atoms with E-state index in [4.69, 9.17) is 0 Å². The molecule has 2 heterocycles. The van der Waals surface area contributed by atoms with Crippen molar-refractivity contribution >= 4 is 32.8 Å². The molecule has 0 saturated carbocycles. The third-order valence-electron chi connectivity index (χ3n) is 5.00. The van der Waals surface area contributed by atoms with Crippen LogP contribution in [-0.4, -0.2) is 19.9 Å². The highest BCUT2D eigenvalue weighted by molar-refractivity contribution is 6.21. The maximum atomic E-state index is 13.5. The molecule has 0 bridgehead atoms. The topological polar surface area (TPSA) is 99.1 Å². The van der Waals surface area contributed by atoms with Crippen LogP contribution in [-0.2, 0) is 24.7 Å². The van der Waals surface area contributed by atoms with E-state index in [0.29, 0.717) is 12.1 Å². The summed E-state index contributed by atoms with van der Waals surface area (Å²) in [5.41, 5.74) is -17.0. The minimum atomic E-state index is -5.87. The molecule has 0 N–H and O–H groups in total. The summed E-state index contributed by atoms with van der Waals surface area (Å²) in [4.78, 5) is 11.4. The molecule has 2 aromatic heterocycles. The van der Waals surface area contributed by atoms with Gasteiger partial charge in [0.05, 0.1) is 22.2 Å². The molecule has 2 aromatic carbocycles. The normalized spacial score (nSPS) is 13.2. The van der Waals surface area contributed by atoms with Crippen molar-refractivity contribution in [2.24, 2.45) is 0 Å². The number of alkyl halides is 12. The van der Waals surface area contributed by atoms with Gasteiger partial charge in [-0.05, 0) is 12.1 Å². The zero-order valence-corrected chi connectivity index (χ0v) is 17.4. The van der Waals surface area contributed by atoms with Crippen LogP contribution in [0.2, 0.25) is 0 Å². The maximum absolute atomic E-state index is 13.5. The average Bonchev–Trinajstić information content (AvgIpc) is 2.79. The van der Waals surface area contributed by atoms with Gasteiger partial charge in [-0.15, -0.1) is 0 Å². The summed E-state index contributed by atoms with van der Waals surface area (Å²) in [5.74, 6) is 0. The first kappa shape index (κ1) is 26.6. The van der Waals surface area contributed by atoms with Gasteiger partial charge in [-0.3, -0.25) is 0 Å². The quantitative estimate of drug-likeness (QED) is 0.181. The molecule has 0 aliphatic carbocycles. The molecule has 4 aromatic rings. The first-order valence-electron chi connectivity index (χ1n) is 9.41. The molecule has 0 fully saturated rings. The minimum absolute atomic E-state index is 0.591. The lowest BCUT2D eigenvalue weighted by Gasteiger charge is -2.18. The molecule has 0 unspecified atom stereocenters. The van der Waals surface area contributed by atoms with Crippen LogP contribution in [0.15, 0.2) is 12.1 Å². The highest BCUT2D eigenvalue weighted by atomic mass is 19.4. The summed E-state index contributed by atoms with van der Waals surface area (Å²) in [7, 11) is 0. The molecule has 0 amide bonds. The fraction of sp³-hybridized carbons (Fsp3) is 0.200. The molecule has 0 spiro atoms. The molecule has 6 nitrogen and oxygen atoms in total. The monoisotopic (exact) mass is 554 g/mol. The van der Waals surface area contributed by atoms with Gasteiger partial charge < -0.3 is 0 Å². The highest BCUT2D eigenvalue weighted by Gasteiger charge is 2.49. The SMILES string of the molecule is N#Cc1cc2c(cc1C#N)c1nc(C(F)(F)F)c(C(F)(F)F)nc1c1nc(C(F)(F)F)c(C(F)(F)F)nc21. The van der Waals surface area contributed by atoms with E-state index in [-0.39, 0.29) is 0 Å². The van der Waals surface area contributed by atoms with Crippen LogP contribution in [0.1, 0.15) is 33.9 Å². The van der Waals surface area contributed by atoms with Gasteiger partial charge in [0.25, 0.3) is 0 Å². The van der Waals surface area contributed by atoms with Crippen molar-refractivity contribution in [2.45, 2.75) is 24.7 Å². The Labute approximate surface area is 199 Å². The zero-order chi connectivity index (χ0) is 28.6. The van der Waals surface area contributed by atoms with E-state index in [1.54, 1.807) is 0 Å². The molecule has 0 radical (unpaired) electrons. The highest BCUT2D eigenvalue weighted by Crippen LogP contribution is 2.44. The summed E-state index contributed by atoms with van der Waals surface area (Å²) in [6.45, 7) is 0. The van der Waals surface area contributed by atoms with Crippen molar-refractivity contribution in [3.8, 4) is 12.1 Å². The number of benzene rings is 2. The Morgan fingerprint density at radius 3 is 0.895 bits per heavy atom. The van der Waals surface area contributed by atoms with Crippen molar-refractivity contribution in [3.05, 3.63) is 46.0 Å². The number of hydrogen-bond donors (Lipinski definition) is 0. The van der Waals surface area contributed by atoms with Gasteiger partial charge in [0.1, 0.15) is 23.2 Å². The molecule has 0 aliphatic heterocycles. The van der Waals surface area contributed by atoms with Crippen molar-refractivity contribution in [3.63, 3.8) is 0 Å². The molecular formula is C20H2F12N6. The molecule has 0 atom stereocenters. The van der Waals surface area contributed by atoms with Gasteiger partial charge in [-0.1, -0.05) is 0 Å². The number of aromatic nitrogens is 4. The predicted octanol–water partition coefficient (Wildman–Crippen LogP) is 6.54. The summed E-state index contributed by atoms with van der Waals surface area (Å²) >= 11 is 0. The van der Waals surface area contributed by atoms with E-state index in [9.17, 15) is 63.2 Å². The van der Waals surface area contributed by atoms with Gasteiger partial charge in [-0.25, -0.2) is 19.9 Å². The number of rotatable bonds is 0. The second-order valence-corrected chi connectivity index (χ2v) is 7.39. The first-order valence-corrected chi connectivity index (χ1v) is 9.41. The van der Waals surface area contributed by atoms with Crippen LogP contribution in [0, 0.1) is 22.7 Å². The molecular weight excluding hydrogens is 552 g/mol. The van der Waals surface area contributed by atoms with Crippen molar-refractivity contribution < 1.29 is 52.7 Å². The van der Waals surface area contributed by atoms with E-state index >= 15 is 0 Å². The largest absolute Gasteiger partial charge is 0.435 e. The zero-order valence-electron chi connectivity index (χ0n) is 17.4. The second-order valence-electron chi connectivity index (χ2n) is 7.39. The van der Waals surface area contributed by atoms with Crippen molar-refractivity contribution in [2.75, 3.05) is 0 Å². The summed E-state index contributed by atoms with van der Waals surface area (Å²) in [5, 5.41) is 17.0. The van der Waals surface area contributed by atoms with Crippen LogP contribution < -0.4 is 0 Å². The van der Waals surface area contributed by atoms with Gasteiger partial charge in [0, 0.05) is 10.8 Å². The Hall–Kier alpha value is -4.48. The Kier molecular flexibility index (Phi) is 5.60. The van der Waals surface area contributed by atoms with Crippen LogP contribution in [0.25, 0.3) is 32.8 Å².